The Bertz CT molecular complexity index is 859. The van der Waals surface area contributed by atoms with E-state index in [1.54, 1.807) is 6.92 Å². The fourth-order valence-electron chi connectivity index (χ4n) is 2.89. The number of para-hydroxylation sites is 2. The van der Waals surface area contributed by atoms with Crippen LogP contribution in [0.15, 0.2) is 59.6 Å². The van der Waals surface area contributed by atoms with E-state index in [2.05, 4.69) is 25.6 Å². The maximum atomic E-state index is 10.7. The number of aromatic nitrogens is 2. The fourth-order valence-corrected chi connectivity index (χ4v) is 2.89. The van der Waals surface area contributed by atoms with Crippen molar-refractivity contribution in [2.75, 3.05) is 19.6 Å². The van der Waals surface area contributed by atoms with Crippen molar-refractivity contribution in [3.8, 4) is 0 Å². The van der Waals surface area contributed by atoms with Gasteiger partial charge in [-0.15, -0.1) is 24.0 Å². The molecule has 1 aromatic heterocycles. The molecule has 0 saturated carbocycles. The molecule has 6 nitrogen and oxygen atoms in total. The molecule has 1 heterocycles. The van der Waals surface area contributed by atoms with Crippen LogP contribution in [0.1, 0.15) is 25.2 Å². The number of benzene rings is 2. The Balaban J connectivity index is 0.00000280. The number of H-pyrrole nitrogens is 1. The number of halogens is 1. The molecule has 1 unspecified atom stereocenters. The SMILES string of the molecule is CCNC(=NCC(C)(O)c1ccccc1)NCCc1nc2ccccc2[nH]1.I. The highest BCUT2D eigenvalue weighted by Crippen LogP contribution is 2.20. The average Bonchev–Trinajstić information content (AvgIpc) is 3.09. The number of aliphatic hydroxyl groups is 1. The molecule has 3 rings (SSSR count). The number of fused-ring (bicyclic) bond motifs is 1. The molecule has 0 bridgehead atoms. The van der Waals surface area contributed by atoms with Gasteiger partial charge in [0, 0.05) is 19.5 Å². The Morgan fingerprint density at radius 1 is 1.11 bits per heavy atom. The molecule has 1 atom stereocenters. The minimum absolute atomic E-state index is 0. The van der Waals surface area contributed by atoms with E-state index in [9.17, 15) is 5.11 Å². The van der Waals surface area contributed by atoms with E-state index in [0.717, 1.165) is 35.4 Å². The number of aliphatic imine (C=N–C) groups is 1. The van der Waals surface area contributed by atoms with Crippen LogP contribution in [0.25, 0.3) is 11.0 Å². The molecule has 2 aromatic carbocycles. The van der Waals surface area contributed by atoms with Gasteiger partial charge in [0.1, 0.15) is 11.4 Å². The van der Waals surface area contributed by atoms with Gasteiger partial charge in [-0.3, -0.25) is 0 Å². The Hall–Kier alpha value is -2.13. The normalized spacial score (nSPS) is 13.6. The second-order valence-corrected chi connectivity index (χ2v) is 6.71. The van der Waals surface area contributed by atoms with Gasteiger partial charge < -0.3 is 20.7 Å². The molecule has 0 aliphatic carbocycles. The molecular formula is C21H28IN5O. The smallest absolute Gasteiger partial charge is 0.191 e. The van der Waals surface area contributed by atoms with Crippen molar-refractivity contribution in [2.24, 2.45) is 4.99 Å². The molecule has 7 heteroatoms. The average molecular weight is 493 g/mol. The Morgan fingerprint density at radius 2 is 1.82 bits per heavy atom. The van der Waals surface area contributed by atoms with Crippen LogP contribution in [0.2, 0.25) is 0 Å². The van der Waals surface area contributed by atoms with Crippen LogP contribution in [-0.4, -0.2) is 40.7 Å². The number of nitrogens with zero attached hydrogens (tertiary/aromatic N) is 2. The highest BCUT2D eigenvalue weighted by Gasteiger charge is 2.22. The number of rotatable bonds is 7. The fraction of sp³-hybridized carbons (Fsp3) is 0.333. The summed E-state index contributed by atoms with van der Waals surface area (Å²) in [6.45, 7) is 5.52. The number of guanidine groups is 1. The lowest BCUT2D eigenvalue weighted by atomic mass is 9.96. The van der Waals surface area contributed by atoms with Crippen LogP contribution in [0, 0.1) is 0 Å². The van der Waals surface area contributed by atoms with Gasteiger partial charge in [-0.05, 0) is 31.5 Å². The Labute approximate surface area is 182 Å². The number of aromatic amines is 1. The predicted octanol–water partition coefficient (Wildman–Crippen LogP) is 3.19. The summed E-state index contributed by atoms with van der Waals surface area (Å²) in [4.78, 5) is 12.5. The summed E-state index contributed by atoms with van der Waals surface area (Å²) in [7, 11) is 0. The molecule has 0 saturated heterocycles. The molecule has 0 radical (unpaired) electrons. The van der Waals surface area contributed by atoms with Gasteiger partial charge in [-0.2, -0.15) is 0 Å². The first kappa shape index (κ1) is 22.2. The van der Waals surface area contributed by atoms with Gasteiger partial charge >= 0.3 is 0 Å². The zero-order valence-electron chi connectivity index (χ0n) is 16.3. The number of imidazole rings is 1. The maximum absolute atomic E-state index is 10.7. The summed E-state index contributed by atoms with van der Waals surface area (Å²) in [6, 6.07) is 17.6. The molecule has 3 aromatic rings. The van der Waals surface area contributed by atoms with Crippen LogP contribution in [0.5, 0.6) is 0 Å². The minimum atomic E-state index is -1.01. The van der Waals surface area contributed by atoms with E-state index in [0.29, 0.717) is 12.5 Å². The summed E-state index contributed by atoms with van der Waals surface area (Å²) in [5, 5.41) is 17.2. The van der Waals surface area contributed by atoms with Crippen LogP contribution in [0.3, 0.4) is 0 Å². The highest BCUT2D eigenvalue weighted by molar-refractivity contribution is 14.0. The number of hydrogen-bond donors (Lipinski definition) is 4. The van der Waals surface area contributed by atoms with Gasteiger partial charge in [0.25, 0.3) is 0 Å². The predicted molar refractivity (Wildman–Crippen MR) is 125 cm³/mol. The lowest BCUT2D eigenvalue weighted by Gasteiger charge is -2.22. The third-order valence-corrected chi connectivity index (χ3v) is 4.38. The lowest BCUT2D eigenvalue weighted by Crippen LogP contribution is -2.39. The topological polar surface area (TPSA) is 85.3 Å². The Morgan fingerprint density at radius 3 is 2.54 bits per heavy atom. The second-order valence-electron chi connectivity index (χ2n) is 6.71. The first-order valence-corrected chi connectivity index (χ1v) is 9.32. The second kappa shape index (κ2) is 10.4. The van der Waals surface area contributed by atoms with Crippen LogP contribution in [-0.2, 0) is 12.0 Å². The first-order chi connectivity index (χ1) is 13.1. The van der Waals surface area contributed by atoms with E-state index in [1.165, 1.54) is 0 Å². The van der Waals surface area contributed by atoms with Gasteiger partial charge in [0.2, 0.25) is 0 Å². The summed E-state index contributed by atoms with van der Waals surface area (Å²) in [5.41, 5.74) is 1.87. The van der Waals surface area contributed by atoms with Crippen molar-refractivity contribution in [1.29, 1.82) is 0 Å². The van der Waals surface area contributed by atoms with Gasteiger partial charge in [0.15, 0.2) is 5.96 Å². The molecule has 4 N–H and O–H groups in total. The summed E-state index contributed by atoms with van der Waals surface area (Å²) in [6.07, 6.45) is 0.758. The largest absolute Gasteiger partial charge is 0.384 e. The number of hydrogen-bond acceptors (Lipinski definition) is 3. The van der Waals surface area contributed by atoms with Crippen molar-refractivity contribution < 1.29 is 5.11 Å². The molecular weight excluding hydrogens is 465 g/mol. The first-order valence-electron chi connectivity index (χ1n) is 9.32. The molecule has 0 amide bonds. The van der Waals surface area contributed by atoms with E-state index in [4.69, 9.17) is 0 Å². The van der Waals surface area contributed by atoms with Gasteiger partial charge in [-0.1, -0.05) is 42.5 Å². The zero-order chi connectivity index (χ0) is 19.1. The van der Waals surface area contributed by atoms with Crippen molar-refractivity contribution in [3.05, 3.63) is 66.0 Å². The van der Waals surface area contributed by atoms with Crippen molar-refractivity contribution in [1.82, 2.24) is 20.6 Å². The van der Waals surface area contributed by atoms with E-state index in [1.807, 2.05) is 61.5 Å². The van der Waals surface area contributed by atoms with E-state index < -0.39 is 5.60 Å². The molecule has 0 aliphatic rings. The quantitative estimate of drug-likeness (QED) is 0.232. The van der Waals surface area contributed by atoms with E-state index >= 15 is 0 Å². The molecule has 0 aliphatic heterocycles. The third-order valence-electron chi connectivity index (χ3n) is 4.38. The zero-order valence-corrected chi connectivity index (χ0v) is 18.6. The monoisotopic (exact) mass is 493 g/mol. The maximum Gasteiger partial charge on any atom is 0.191 e. The highest BCUT2D eigenvalue weighted by atomic mass is 127. The van der Waals surface area contributed by atoms with Crippen LogP contribution in [0.4, 0.5) is 0 Å². The van der Waals surface area contributed by atoms with Gasteiger partial charge in [0.05, 0.1) is 17.6 Å². The standard InChI is InChI=1S/C21H27N5O.HI/c1-3-22-20(24-15-21(2,27)16-9-5-4-6-10-16)23-14-13-19-25-17-11-7-8-12-18(17)26-19;/h4-12,27H,3,13-15H2,1-2H3,(H,25,26)(H2,22,23,24);1H. The Kier molecular flexibility index (Phi) is 8.25. The molecule has 0 fully saturated rings. The summed E-state index contributed by atoms with van der Waals surface area (Å²) < 4.78 is 0. The van der Waals surface area contributed by atoms with Crippen molar-refractivity contribution in [2.45, 2.75) is 25.9 Å². The third kappa shape index (κ3) is 5.93. The number of nitrogens with one attached hydrogen (secondary N) is 3. The van der Waals surface area contributed by atoms with Gasteiger partial charge in [-0.25, -0.2) is 9.98 Å². The van der Waals surface area contributed by atoms with Crippen molar-refractivity contribution in [3.63, 3.8) is 0 Å². The van der Waals surface area contributed by atoms with Crippen LogP contribution < -0.4 is 10.6 Å². The lowest BCUT2D eigenvalue weighted by molar-refractivity contribution is 0.0672. The van der Waals surface area contributed by atoms with Crippen molar-refractivity contribution >= 4 is 41.0 Å². The minimum Gasteiger partial charge on any atom is -0.384 e. The molecule has 28 heavy (non-hydrogen) atoms. The summed E-state index contributed by atoms with van der Waals surface area (Å²) >= 11 is 0. The molecule has 150 valence electrons. The summed E-state index contributed by atoms with van der Waals surface area (Å²) in [5.74, 6) is 1.63. The van der Waals surface area contributed by atoms with E-state index in [-0.39, 0.29) is 30.5 Å². The molecule has 0 spiro atoms. The van der Waals surface area contributed by atoms with Crippen LogP contribution >= 0.6 is 24.0 Å².